The summed E-state index contributed by atoms with van der Waals surface area (Å²) in [5.41, 5.74) is 0.861. The Bertz CT molecular complexity index is 971. The van der Waals surface area contributed by atoms with Gasteiger partial charge in [-0.3, -0.25) is 4.79 Å². The van der Waals surface area contributed by atoms with Crippen LogP contribution in [0.4, 0.5) is 5.00 Å². The SMILES string of the molecule is N#Cc1ccsc1NC(=O)COC(=O)c1occc1COc1ccccc1. The van der Waals surface area contributed by atoms with E-state index in [1.54, 1.807) is 29.6 Å². The van der Waals surface area contributed by atoms with Crippen molar-refractivity contribution < 1.29 is 23.5 Å². The molecular formula is C19H14N2O5S. The fourth-order valence-corrected chi connectivity index (χ4v) is 2.91. The average Bonchev–Trinajstić information content (AvgIpc) is 3.34. The van der Waals surface area contributed by atoms with Crippen LogP contribution < -0.4 is 10.1 Å². The minimum atomic E-state index is -0.770. The summed E-state index contributed by atoms with van der Waals surface area (Å²) < 4.78 is 15.7. The molecule has 0 aliphatic rings. The molecule has 3 aromatic rings. The standard InChI is InChI=1S/C19H14N2O5S/c20-10-13-7-9-27-18(13)21-16(22)12-26-19(23)17-14(6-8-24-17)11-25-15-4-2-1-3-5-15/h1-9H,11-12H2,(H,21,22). The molecule has 136 valence electrons. The van der Waals surface area contributed by atoms with Gasteiger partial charge < -0.3 is 19.2 Å². The smallest absolute Gasteiger partial charge is 0.375 e. The molecule has 2 heterocycles. The first-order valence-corrected chi connectivity index (χ1v) is 8.74. The predicted octanol–water partition coefficient (Wildman–Crippen LogP) is 3.59. The first kappa shape index (κ1) is 18.2. The number of anilines is 1. The second-order valence-corrected chi connectivity index (χ2v) is 6.19. The average molecular weight is 382 g/mol. The molecule has 8 heteroatoms. The molecule has 0 saturated carbocycles. The summed E-state index contributed by atoms with van der Waals surface area (Å²) in [6.07, 6.45) is 1.35. The minimum absolute atomic E-state index is 0.0208. The number of carbonyl (C=O) groups is 2. The maximum absolute atomic E-state index is 12.2. The van der Waals surface area contributed by atoms with Crippen LogP contribution in [-0.2, 0) is 16.1 Å². The molecule has 1 amide bonds. The molecule has 0 atom stereocenters. The number of para-hydroxylation sites is 1. The van der Waals surface area contributed by atoms with Crippen LogP contribution in [0.15, 0.2) is 58.5 Å². The number of nitrogens with zero attached hydrogens (tertiary/aromatic N) is 1. The van der Waals surface area contributed by atoms with Gasteiger partial charge in [0.1, 0.15) is 23.4 Å². The predicted molar refractivity (Wildman–Crippen MR) is 97.4 cm³/mol. The van der Waals surface area contributed by atoms with Gasteiger partial charge in [0.05, 0.1) is 11.8 Å². The van der Waals surface area contributed by atoms with E-state index in [0.717, 1.165) is 0 Å². The second kappa shape index (κ2) is 8.69. The Kier molecular flexibility index (Phi) is 5.87. The highest BCUT2D eigenvalue weighted by Gasteiger charge is 2.19. The van der Waals surface area contributed by atoms with E-state index in [4.69, 9.17) is 19.2 Å². The lowest BCUT2D eigenvalue weighted by molar-refractivity contribution is -0.119. The van der Waals surface area contributed by atoms with Crippen LogP contribution in [0.1, 0.15) is 21.7 Å². The van der Waals surface area contributed by atoms with Crippen molar-refractivity contribution in [2.75, 3.05) is 11.9 Å². The van der Waals surface area contributed by atoms with E-state index in [9.17, 15) is 9.59 Å². The molecule has 2 aromatic heterocycles. The molecule has 7 nitrogen and oxygen atoms in total. The lowest BCUT2D eigenvalue weighted by Crippen LogP contribution is -2.21. The third-order valence-electron chi connectivity index (χ3n) is 3.44. The first-order chi connectivity index (χ1) is 13.2. The van der Waals surface area contributed by atoms with E-state index in [0.29, 0.717) is 21.9 Å². The Balaban J connectivity index is 1.53. The van der Waals surface area contributed by atoms with Crippen LogP contribution in [-0.4, -0.2) is 18.5 Å². The second-order valence-electron chi connectivity index (χ2n) is 5.28. The van der Waals surface area contributed by atoms with Gasteiger partial charge in [-0.1, -0.05) is 18.2 Å². The Morgan fingerprint density at radius 1 is 1.19 bits per heavy atom. The van der Waals surface area contributed by atoms with Gasteiger partial charge in [-0.25, -0.2) is 4.79 Å². The lowest BCUT2D eigenvalue weighted by atomic mass is 10.2. The quantitative estimate of drug-likeness (QED) is 0.627. The number of nitriles is 1. The zero-order valence-electron chi connectivity index (χ0n) is 14.0. The number of nitrogens with one attached hydrogen (secondary N) is 1. The van der Waals surface area contributed by atoms with Crippen molar-refractivity contribution in [2.45, 2.75) is 6.61 Å². The Labute approximate surface area is 158 Å². The molecule has 0 fully saturated rings. The monoisotopic (exact) mass is 382 g/mol. The molecule has 27 heavy (non-hydrogen) atoms. The molecular weight excluding hydrogens is 368 g/mol. The molecule has 3 rings (SSSR count). The van der Waals surface area contributed by atoms with E-state index >= 15 is 0 Å². The van der Waals surface area contributed by atoms with E-state index < -0.39 is 18.5 Å². The number of amides is 1. The summed E-state index contributed by atoms with van der Waals surface area (Å²) in [5, 5.41) is 13.5. The van der Waals surface area contributed by atoms with Crippen LogP contribution >= 0.6 is 11.3 Å². The highest BCUT2D eigenvalue weighted by molar-refractivity contribution is 7.14. The molecule has 0 radical (unpaired) electrons. The number of ether oxygens (including phenoxy) is 2. The number of esters is 1. The largest absolute Gasteiger partial charge is 0.489 e. The number of thiophene rings is 1. The van der Waals surface area contributed by atoms with Crippen LogP contribution in [0.25, 0.3) is 0 Å². The Morgan fingerprint density at radius 3 is 2.78 bits per heavy atom. The normalized spacial score (nSPS) is 10.0. The van der Waals surface area contributed by atoms with Gasteiger partial charge in [0.2, 0.25) is 5.76 Å². The fourth-order valence-electron chi connectivity index (χ4n) is 2.16. The third kappa shape index (κ3) is 4.74. The summed E-state index contributed by atoms with van der Waals surface area (Å²) in [7, 11) is 0. The van der Waals surface area contributed by atoms with Crippen molar-refractivity contribution >= 4 is 28.2 Å². The zero-order valence-corrected chi connectivity index (χ0v) is 14.8. The van der Waals surface area contributed by atoms with E-state index in [2.05, 4.69) is 5.32 Å². The summed E-state index contributed by atoms with van der Waals surface area (Å²) in [5.74, 6) is -0.682. The number of carbonyl (C=O) groups excluding carboxylic acids is 2. The van der Waals surface area contributed by atoms with E-state index in [-0.39, 0.29) is 12.4 Å². The van der Waals surface area contributed by atoms with Gasteiger partial charge >= 0.3 is 5.97 Å². The van der Waals surface area contributed by atoms with Crippen molar-refractivity contribution in [3.05, 3.63) is 71.0 Å². The van der Waals surface area contributed by atoms with Crippen LogP contribution in [0, 0.1) is 11.3 Å². The summed E-state index contributed by atoms with van der Waals surface area (Å²) in [6, 6.07) is 14.3. The van der Waals surface area contributed by atoms with E-state index in [1.165, 1.54) is 17.6 Å². The molecule has 0 unspecified atom stereocenters. The number of benzene rings is 1. The molecule has 0 aliphatic heterocycles. The first-order valence-electron chi connectivity index (χ1n) is 7.86. The maximum Gasteiger partial charge on any atom is 0.375 e. The summed E-state index contributed by atoms with van der Waals surface area (Å²) in [4.78, 5) is 24.1. The van der Waals surface area contributed by atoms with Crippen molar-refractivity contribution in [3.8, 4) is 11.8 Å². The van der Waals surface area contributed by atoms with Gasteiger partial charge in [-0.05, 0) is 29.6 Å². The Hall–Kier alpha value is -3.57. The summed E-state index contributed by atoms with van der Waals surface area (Å²) in [6.45, 7) is -0.376. The minimum Gasteiger partial charge on any atom is -0.489 e. The number of furan rings is 1. The van der Waals surface area contributed by atoms with Gasteiger partial charge in [-0.15, -0.1) is 11.3 Å². The molecule has 0 saturated heterocycles. The lowest BCUT2D eigenvalue weighted by Gasteiger charge is -2.07. The van der Waals surface area contributed by atoms with Gasteiger partial charge in [-0.2, -0.15) is 5.26 Å². The van der Waals surface area contributed by atoms with Crippen molar-refractivity contribution in [1.82, 2.24) is 0 Å². The van der Waals surface area contributed by atoms with Gasteiger partial charge in [0, 0.05) is 5.56 Å². The van der Waals surface area contributed by atoms with Gasteiger partial charge in [0.25, 0.3) is 5.91 Å². The number of hydrogen-bond donors (Lipinski definition) is 1. The van der Waals surface area contributed by atoms with Crippen LogP contribution in [0.2, 0.25) is 0 Å². The maximum atomic E-state index is 12.2. The third-order valence-corrected chi connectivity index (χ3v) is 4.27. The van der Waals surface area contributed by atoms with Crippen molar-refractivity contribution in [3.63, 3.8) is 0 Å². The number of hydrogen-bond acceptors (Lipinski definition) is 7. The van der Waals surface area contributed by atoms with Crippen molar-refractivity contribution in [2.24, 2.45) is 0 Å². The fraction of sp³-hybridized carbons (Fsp3) is 0.105. The van der Waals surface area contributed by atoms with E-state index in [1.807, 2.05) is 24.3 Å². The van der Waals surface area contributed by atoms with Gasteiger partial charge in [0.15, 0.2) is 6.61 Å². The Morgan fingerprint density at radius 2 is 2.00 bits per heavy atom. The van der Waals surface area contributed by atoms with Crippen LogP contribution in [0.3, 0.4) is 0 Å². The molecule has 1 aromatic carbocycles. The zero-order chi connectivity index (χ0) is 19.1. The molecule has 1 N–H and O–H groups in total. The molecule has 0 spiro atoms. The highest BCUT2D eigenvalue weighted by atomic mass is 32.1. The highest BCUT2D eigenvalue weighted by Crippen LogP contribution is 2.22. The van der Waals surface area contributed by atoms with Crippen LogP contribution in [0.5, 0.6) is 5.75 Å². The molecule has 0 aliphatic carbocycles. The number of rotatable bonds is 7. The molecule has 0 bridgehead atoms. The topological polar surface area (TPSA) is 102 Å². The summed E-state index contributed by atoms with van der Waals surface area (Å²) >= 11 is 1.21. The van der Waals surface area contributed by atoms with Crippen molar-refractivity contribution in [1.29, 1.82) is 5.26 Å².